The molecule has 10 nitrogen and oxygen atoms in total. The molecule has 1 aromatic carbocycles. The van der Waals surface area contributed by atoms with Crippen LogP contribution in [0.25, 0.3) is 10.6 Å². The molecule has 1 N–H and O–H groups in total. The molecule has 3 aliphatic rings. The summed E-state index contributed by atoms with van der Waals surface area (Å²) in [6, 6.07) is 14.4. The Morgan fingerprint density at radius 1 is 1.04 bits per heavy atom. The van der Waals surface area contributed by atoms with Gasteiger partial charge in [0.25, 0.3) is 11.8 Å². The number of aryl methyl sites for hydroxylation is 1. The third-order valence-corrected chi connectivity index (χ3v) is 10.2. The van der Waals surface area contributed by atoms with Gasteiger partial charge < -0.3 is 24.6 Å². The number of fused-ring (bicyclic) bond motifs is 3. The van der Waals surface area contributed by atoms with Crippen molar-refractivity contribution in [2.75, 3.05) is 54.6 Å². The van der Waals surface area contributed by atoms with Crippen LogP contribution in [-0.2, 0) is 15.9 Å². The molecule has 2 fully saturated rings. The largest absolute Gasteiger partial charge is 0.462 e. The number of carbonyl (C=O) groups excluding carboxylic acids is 3. The molecule has 0 saturated carbocycles. The summed E-state index contributed by atoms with van der Waals surface area (Å²) in [5.74, 6) is -0.0607. The number of hydrogen-bond donors (Lipinski definition) is 1. The lowest BCUT2D eigenvalue weighted by atomic mass is 9.77. The summed E-state index contributed by atoms with van der Waals surface area (Å²) in [6.07, 6.45) is 6.12. The molecule has 236 valence electrons. The van der Waals surface area contributed by atoms with Crippen LogP contribution >= 0.6 is 11.3 Å². The summed E-state index contributed by atoms with van der Waals surface area (Å²) in [7, 11) is 0. The van der Waals surface area contributed by atoms with Gasteiger partial charge in [-0.2, -0.15) is 0 Å². The van der Waals surface area contributed by atoms with Crippen LogP contribution in [0.4, 0.5) is 17.2 Å². The zero-order chi connectivity index (χ0) is 31.8. The smallest absolute Gasteiger partial charge is 0.348 e. The second-order valence-corrected chi connectivity index (χ2v) is 13.2. The molecule has 1 spiro atoms. The molecule has 3 aliphatic heterocycles. The van der Waals surface area contributed by atoms with Crippen molar-refractivity contribution in [2.24, 2.45) is 5.41 Å². The predicted octanol–water partition coefficient (Wildman–Crippen LogP) is 5.76. The fourth-order valence-electron chi connectivity index (χ4n) is 6.37. The quantitative estimate of drug-likeness (QED) is 0.266. The van der Waals surface area contributed by atoms with Crippen LogP contribution < -0.4 is 15.1 Å². The third kappa shape index (κ3) is 5.65. The van der Waals surface area contributed by atoms with Gasteiger partial charge in [0.15, 0.2) is 0 Å². The zero-order valence-corrected chi connectivity index (χ0v) is 26.7. The predicted molar refractivity (Wildman–Crippen MR) is 177 cm³/mol. The van der Waals surface area contributed by atoms with Gasteiger partial charge in [-0.25, -0.2) is 9.78 Å². The van der Waals surface area contributed by atoms with Gasteiger partial charge in [-0.1, -0.05) is 0 Å². The highest BCUT2D eigenvalue weighted by Gasteiger charge is 2.41. The van der Waals surface area contributed by atoms with E-state index in [0.717, 1.165) is 55.1 Å². The van der Waals surface area contributed by atoms with E-state index in [9.17, 15) is 14.4 Å². The standard InChI is InChI=1S/C35H35N5O5S/c1-3-45-34(43)28-18-24-10-14-40(27-5-4-13-36-29(27)30(24)46-28)33(42)23-6-8-25(9-7-23)38-32(41)26-17-22(2)19-37-31(26)39-15-11-35(12-16-39)20-44-21-35/h4-9,13,17-19H,3,10-12,14-16,20-21H2,1-2H3,(H,38,41). The minimum Gasteiger partial charge on any atom is -0.462 e. The minimum atomic E-state index is -0.350. The van der Waals surface area contributed by atoms with Crippen molar-refractivity contribution in [1.82, 2.24) is 9.97 Å². The van der Waals surface area contributed by atoms with Crippen molar-refractivity contribution in [3.8, 4) is 10.6 Å². The van der Waals surface area contributed by atoms with E-state index in [2.05, 4.69) is 20.2 Å². The fraction of sp³-hybridized carbons (Fsp3) is 0.343. The molecule has 2 amide bonds. The van der Waals surface area contributed by atoms with Crippen LogP contribution in [0, 0.1) is 12.3 Å². The van der Waals surface area contributed by atoms with Crippen molar-refractivity contribution in [2.45, 2.75) is 33.1 Å². The van der Waals surface area contributed by atoms with Gasteiger partial charge >= 0.3 is 5.97 Å². The van der Waals surface area contributed by atoms with Gasteiger partial charge in [-0.05, 0) is 92.8 Å². The third-order valence-electron chi connectivity index (χ3n) is 9.01. The normalized spacial score (nSPS) is 16.6. The lowest BCUT2D eigenvalue weighted by Crippen LogP contribution is -2.51. The average molecular weight is 638 g/mol. The Balaban J connectivity index is 1.07. The maximum absolute atomic E-state index is 13.9. The molecule has 4 aromatic rings. The first-order valence-electron chi connectivity index (χ1n) is 15.6. The van der Waals surface area contributed by atoms with E-state index in [1.54, 1.807) is 54.5 Å². The van der Waals surface area contributed by atoms with E-state index < -0.39 is 0 Å². The van der Waals surface area contributed by atoms with Gasteiger partial charge in [-0.3, -0.25) is 14.6 Å². The number of benzene rings is 1. The molecule has 0 bridgehead atoms. The number of hydrogen-bond acceptors (Lipinski definition) is 9. The van der Waals surface area contributed by atoms with Crippen molar-refractivity contribution in [3.05, 3.63) is 88.1 Å². The molecule has 11 heteroatoms. The molecule has 6 heterocycles. The van der Waals surface area contributed by atoms with Gasteiger partial charge in [0.1, 0.15) is 16.4 Å². The van der Waals surface area contributed by atoms with Gasteiger partial charge in [0.05, 0.1) is 35.9 Å². The number of rotatable bonds is 6. The Labute approximate surface area is 271 Å². The Hall–Kier alpha value is -4.61. The monoisotopic (exact) mass is 637 g/mol. The Bertz CT molecular complexity index is 1810. The van der Waals surface area contributed by atoms with Crippen molar-refractivity contribution in [1.29, 1.82) is 0 Å². The van der Waals surface area contributed by atoms with Gasteiger partial charge in [0.2, 0.25) is 0 Å². The van der Waals surface area contributed by atoms with E-state index in [4.69, 9.17) is 9.47 Å². The van der Waals surface area contributed by atoms with Crippen LogP contribution in [-0.4, -0.2) is 67.2 Å². The zero-order valence-electron chi connectivity index (χ0n) is 25.9. The molecular weight excluding hydrogens is 602 g/mol. The maximum Gasteiger partial charge on any atom is 0.348 e. The van der Waals surface area contributed by atoms with Crippen molar-refractivity contribution in [3.63, 3.8) is 0 Å². The number of nitrogens with zero attached hydrogens (tertiary/aromatic N) is 4. The molecule has 2 saturated heterocycles. The number of esters is 1. The number of thiophene rings is 1. The first kappa shape index (κ1) is 30.1. The Kier molecular flexibility index (Phi) is 8.04. The summed E-state index contributed by atoms with van der Waals surface area (Å²) >= 11 is 1.34. The molecule has 0 unspecified atom stereocenters. The molecule has 3 aromatic heterocycles. The first-order valence-corrected chi connectivity index (χ1v) is 16.4. The number of ether oxygens (including phenoxy) is 2. The summed E-state index contributed by atoms with van der Waals surface area (Å²) in [4.78, 5) is 54.4. The average Bonchev–Trinajstić information content (AvgIpc) is 3.42. The topological polar surface area (TPSA) is 114 Å². The van der Waals surface area contributed by atoms with Crippen molar-refractivity contribution >= 4 is 46.3 Å². The lowest BCUT2D eigenvalue weighted by molar-refractivity contribution is -0.124. The van der Waals surface area contributed by atoms with Gasteiger partial charge in [0, 0.05) is 48.7 Å². The molecular formula is C35H35N5O5S. The summed E-state index contributed by atoms with van der Waals surface area (Å²) < 4.78 is 10.7. The summed E-state index contributed by atoms with van der Waals surface area (Å²) in [6.45, 7) is 7.77. The van der Waals surface area contributed by atoms with E-state index in [1.165, 1.54) is 11.3 Å². The highest BCUT2D eigenvalue weighted by Crippen LogP contribution is 2.41. The van der Waals surface area contributed by atoms with Crippen LogP contribution in [0.3, 0.4) is 0 Å². The number of carbonyl (C=O) groups is 3. The molecule has 0 aliphatic carbocycles. The minimum absolute atomic E-state index is 0.169. The van der Waals surface area contributed by atoms with Crippen molar-refractivity contribution < 1.29 is 23.9 Å². The van der Waals surface area contributed by atoms with Crippen LogP contribution in [0.15, 0.2) is 60.9 Å². The number of amides is 2. The molecule has 0 radical (unpaired) electrons. The first-order chi connectivity index (χ1) is 22.3. The van der Waals surface area contributed by atoms with Gasteiger partial charge in [-0.15, -0.1) is 11.3 Å². The summed E-state index contributed by atoms with van der Waals surface area (Å²) in [5, 5.41) is 3.01. The SMILES string of the molecule is CCOC(=O)c1cc2c(s1)-c1ncccc1N(C(=O)c1ccc(NC(=O)c3cc(C)cnc3N3CCC4(CC3)COC4)cc1)CC2. The van der Waals surface area contributed by atoms with E-state index in [-0.39, 0.29) is 23.2 Å². The number of piperidine rings is 1. The molecule has 0 atom stereocenters. The Morgan fingerprint density at radius 2 is 1.83 bits per heavy atom. The van der Waals surface area contributed by atoms with Crippen LogP contribution in [0.2, 0.25) is 0 Å². The van der Waals surface area contributed by atoms with E-state index >= 15 is 0 Å². The lowest BCUT2D eigenvalue weighted by Gasteiger charge is -2.47. The number of pyridine rings is 2. The van der Waals surface area contributed by atoms with E-state index in [1.807, 2.05) is 25.1 Å². The highest BCUT2D eigenvalue weighted by atomic mass is 32.1. The second-order valence-electron chi connectivity index (χ2n) is 12.2. The molecule has 7 rings (SSSR count). The Morgan fingerprint density at radius 3 is 2.54 bits per heavy atom. The second kappa shape index (κ2) is 12.3. The summed E-state index contributed by atoms with van der Waals surface area (Å²) in [5.41, 5.74) is 5.13. The number of nitrogens with one attached hydrogen (secondary N) is 1. The highest BCUT2D eigenvalue weighted by molar-refractivity contribution is 7.17. The number of anilines is 3. The number of aromatic nitrogens is 2. The van der Waals surface area contributed by atoms with Crippen LogP contribution in [0.1, 0.15) is 61.3 Å². The maximum atomic E-state index is 13.9. The fourth-order valence-corrected chi connectivity index (χ4v) is 7.48. The molecule has 46 heavy (non-hydrogen) atoms. The van der Waals surface area contributed by atoms with E-state index in [0.29, 0.717) is 58.5 Å². The van der Waals surface area contributed by atoms with Crippen LogP contribution in [0.5, 0.6) is 0 Å².